The first-order valence-corrected chi connectivity index (χ1v) is 14.4. The van der Waals surface area contributed by atoms with E-state index in [0.29, 0.717) is 30.2 Å². The molecule has 1 N–H and O–H groups in total. The normalized spacial score (nSPS) is 31.7. The van der Waals surface area contributed by atoms with Crippen LogP contribution in [0, 0.1) is 11.8 Å². The van der Waals surface area contributed by atoms with Crippen molar-refractivity contribution in [2.45, 2.75) is 28.9 Å². The molecule has 2 fully saturated rings. The number of rotatable bonds is 5. The van der Waals surface area contributed by atoms with Crippen molar-refractivity contribution in [2.75, 3.05) is 36.0 Å². The quantitative estimate of drug-likeness (QED) is 0.558. The molecule has 1 unspecified atom stereocenters. The number of nitrogens with zero attached hydrogens (tertiary/aromatic N) is 3. The van der Waals surface area contributed by atoms with Crippen LogP contribution in [0.15, 0.2) is 78.9 Å². The molecule has 0 bridgehead atoms. The number of thioether (sulfide) groups is 1. The summed E-state index contributed by atoms with van der Waals surface area (Å²) in [5.74, 6) is -1.89. The summed E-state index contributed by atoms with van der Waals surface area (Å²) in [6, 6.07) is 15.8. The number of carbonyl (C=O) groups is 3. The number of hydrogen-bond acceptors (Lipinski definition) is 5. The van der Waals surface area contributed by atoms with Gasteiger partial charge in [-0.2, -0.15) is 0 Å². The Balaban J connectivity index is 1.46. The molecular formula is C30H30ClN3O4S. The number of aliphatic hydroxyl groups excluding tert-OH is 1. The molecule has 3 amide bonds. The fourth-order valence-corrected chi connectivity index (χ4v) is 8.98. The average Bonchev–Trinajstić information content (AvgIpc) is 3.19. The van der Waals surface area contributed by atoms with Gasteiger partial charge in [0, 0.05) is 47.4 Å². The lowest BCUT2D eigenvalue weighted by Crippen LogP contribution is -2.53. The van der Waals surface area contributed by atoms with Crippen LogP contribution in [-0.2, 0) is 14.4 Å². The lowest BCUT2D eigenvalue weighted by atomic mass is 9.74. The van der Waals surface area contributed by atoms with Crippen LogP contribution in [0.1, 0.15) is 13.3 Å². The lowest BCUT2D eigenvalue weighted by Gasteiger charge is -2.36. The average molecular weight is 564 g/mol. The van der Waals surface area contributed by atoms with Crippen LogP contribution in [0.25, 0.3) is 0 Å². The van der Waals surface area contributed by atoms with Gasteiger partial charge in [0.05, 0.1) is 16.6 Å². The van der Waals surface area contributed by atoms with Gasteiger partial charge in [-0.25, -0.2) is 0 Å². The second kappa shape index (κ2) is 9.84. The van der Waals surface area contributed by atoms with Gasteiger partial charge in [-0.3, -0.25) is 14.4 Å². The van der Waals surface area contributed by atoms with Crippen molar-refractivity contribution in [3.8, 4) is 0 Å². The maximum Gasteiger partial charge on any atom is 0.251 e. The zero-order valence-electron chi connectivity index (χ0n) is 21.6. The molecule has 0 saturated carbocycles. The van der Waals surface area contributed by atoms with Crippen molar-refractivity contribution in [2.24, 2.45) is 11.8 Å². The monoisotopic (exact) mass is 563 g/mol. The van der Waals surface area contributed by atoms with Crippen molar-refractivity contribution < 1.29 is 19.5 Å². The molecule has 6 rings (SSSR count). The van der Waals surface area contributed by atoms with Gasteiger partial charge in [-0.05, 0) is 49.7 Å². The van der Waals surface area contributed by atoms with Crippen LogP contribution in [0.3, 0.4) is 0 Å². The standard InChI is InChI=1S/C30H30ClN3O4S/c1-29-14-5-16-32(21-8-3-2-4-9-21)26(36)23(29)24-27(37)34(18-7-19-35)25-28(38)33(17-6-15-30(24,25)39-29)22-12-10-20(31)11-13-22/h2-6,8-15,23-25,35H,7,16-19H2,1H3/t23-,24-,25?,29+,30-/m0/s1. The van der Waals surface area contributed by atoms with E-state index in [1.165, 1.54) is 0 Å². The van der Waals surface area contributed by atoms with Crippen molar-refractivity contribution in [3.05, 3.63) is 83.9 Å². The molecule has 0 aromatic heterocycles. The molecule has 0 aliphatic carbocycles. The molecule has 7 nitrogen and oxygen atoms in total. The van der Waals surface area contributed by atoms with Crippen LogP contribution in [0.5, 0.6) is 0 Å². The lowest BCUT2D eigenvalue weighted by molar-refractivity contribution is -0.139. The minimum Gasteiger partial charge on any atom is -0.396 e. The van der Waals surface area contributed by atoms with E-state index in [2.05, 4.69) is 6.08 Å². The number of hydrogen-bond donors (Lipinski definition) is 1. The molecule has 1 spiro atoms. The van der Waals surface area contributed by atoms with Gasteiger partial charge in [0.15, 0.2) is 0 Å². The highest BCUT2D eigenvalue weighted by atomic mass is 35.5. The smallest absolute Gasteiger partial charge is 0.251 e. The molecular weight excluding hydrogens is 534 g/mol. The van der Waals surface area contributed by atoms with Crippen LogP contribution in [0.2, 0.25) is 5.02 Å². The summed E-state index contributed by atoms with van der Waals surface area (Å²) in [6.45, 7) is 2.91. The summed E-state index contributed by atoms with van der Waals surface area (Å²) in [7, 11) is 0. The van der Waals surface area contributed by atoms with Gasteiger partial charge in [0.2, 0.25) is 11.8 Å². The fraction of sp³-hybridized carbons (Fsp3) is 0.367. The van der Waals surface area contributed by atoms with Crippen LogP contribution >= 0.6 is 23.4 Å². The Morgan fingerprint density at radius 1 is 0.872 bits per heavy atom. The maximum absolute atomic E-state index is 14.4. The molecule has 9 heteroatoms. The summed E-state index contributed by atoms with van der Waals surface area (Å²) in [4.78, 5) is 48.1. The third kappa shape index (κ3) is 4.03. The first-order chi connectivity index (χ1) is 18.8. The number of halogens is 1. The summed E-state index contributed by atoms with van der Waals surface area (Å²) >= 11 is 7.66. The summed E-state index contributed by atoms with van der Waals surface area (Å²) in [6.07, 6.45) is 8.36. The number of likely N-dealkylation sites (tertiary alicyclic amines) is 1. The van der Waals surface area contributed by atoms with Gasteiger partial charge in [0.25, 0.3) is 5.91 Å². The third-order valence-corrected chi connectivity index (χ3v) is 10.4. The second-order valence-electron chi connectivity index (χ2n) is 10.6. The highest BCUT2D eigenvalue weighted by Gasteiger charge is 2.73. The molecule has 39 heavy (non-hydrogen) atoms. The maximum atomic E-state index is 14.4. The predicted molar refractivity (Wildman–Crippen MR) is 154 cm³/mol. The minimum absolute atomic E-state index is 0.100. The zero-order chi connectivity index (χ0) is 27.4. The topological polar surface area (TPSA) is 81.2 Å². The van der Waals surface area contributed by atoms with E-state index < -0.39 is 27.4 Å². The van der Waals surface area contributed by atoms with Crippen LogP contribution < -0.4 is 9.80 Å². The molecule has 5 atom stereocenters. The number of benzene rings is 2. The van der Waals surface area contributed by atoms with E-state index >= 15 is 0 Å². The fourth-order valence-electron chi connectivity index (χ4n) is 6.70. The Hall–Kier alpha value is -3.07. The van der Waals surface area contributed by atoms with Gasteiger partial charge >= 0.3 is 0 Å². The predicted octanol–water partition coefficient (Wildman–Crippen LogP) is 3.92. The number of para-hydroxylation sites is 1. The van der Waals surface area contributed by atoms with Crippen molar-refractivity contribution >= 4 is 52.5 Å². The molecule has 2 aromatic carbocycles. The van der Waals surface area contributed by atoms with Crippen molar-refractivity contribution in [3.63, 3.8) is 0 Å². The Bertz CT molecular complexity index is 1370. The van der Waals surface area contributed by atoms with Gasteiger partial charge < -0.3 is 19.8 Å². The van der Waals surface area contributed by atoms with Crippen molar-refractivity contribution in [1.29, 1.82) is 0 Å². The number of amides is 3. The van der Waals surface area contributed by atoms with E-state index in [-0.39, 0.29) is 30.9 Å². The number of fused-ring (bicyclic) bond motifs is 2. The Morgan fingerprint density at radius 2 is 1.51 bits per heavy atom. The molecule has 4 heterocycles. The Kier molecular flexibility index (Phi) is 6.60. The molecule has 2 aromatic rings. The number of anilines is 2. The Morgan fingerprint density at radius 3 is 2.21 bits per heavy atom. The minimum atomic E-state index is -0.927. The molecule has 4 aliphatic rings. The highest BCUT2D eigenvalue weighted by Crippen LogP contribution is 2.65. The van der Waals surface area contributed by atoms with E-state index in [0.717, 1.165) is 5.69 Å². The zero-order valence-corrected chi connectivity index (χ0v) is 23.1. The van der Waals surface area contributed by atoms with E-state index in [4.69, 9.17) is 11.6 Å². The molecule has 4 aliphatic heterocycles. The van der Waals surface area contributed by atoms with Gasteiger partial charge in [-0.15, -0.1) is 11.8 Å². The largest absolute Gasteiger partial charge is 0.396 e. The van der Waals surface area contributed by atoms with E-state index in [1.807, 2.05) is 55.5 Å². The number of aliphatic hydroxyl groups is 1. The van der Waals surface area contributed by atoms with Crippen LogP contribution in [-0.4, -0.2) is 69.5 Å². The van der Waals surface area contributed by atoms with Crippen LogP contribution in [0.4, 0.5) is 11.4 Å². The first-order valence-electron chi connectivity index (χ1n) is 13.2. The highest BCUT2D eigenvalue weighted by molar-refractivity contribution is 8.02. The summed E-state index contributed by atoms with van der Waals surface area (Å²) < 4.78 is -1.60. The summed E-state index contributed by atoms with van der Waals surface area (Å²) in [5, 5.41) is 10.2. The second-order valence-corrected chi connectivity index (χ2v) is 12.8. The van der Waals surface area contributed by atoms with Gasteiger partial charge in [-0.1, -0.05) is 54.1 Å². The Labute approximate surface area is 237 Å². The van der Waals surface area contributed by atoms with Gasteiger partial charge in [0.1, 0.15) is 6.04 Å². The molecule has 0 radical (unpaired) electrons. The first kappa shape index (κ1) is 26.2. The summed E-state index contributed by atoms with van der Waals surface area (Å²) in [5.41, 5.74) is 1.47. The third-order valence-electron chi connectivity index (χ3n) is 8.32. The number of carbonyl (C=O) groups excluding carboxylic acids is 3. The van der Waals surface area contributed by atoms with E-state index in [1.54, 1.807) is 50.7 Å². The molecule has 202 valence electrons. The SMILES string of the molecule is C[C@@]12C=CCN(c3ccccc3)C(=O)[C@@H]1[C@H]1C(=O)N(CCCO)C3C(=O)N(c4ccc(Cl)cc4)CC=C[C@@]31S2. The van der Waals surface area contributed by atoms with Crippen molar-refractivity contribution in [1.82, 2.24) is 4.90 Å². The van der Waals surface area contributed by atoms with E-state index in [9.17, 15) is 19.5 Å². The molecule has 2 saturated heterocycles.